The lowest BCUT2D eigenvalue weighted by molar-refractivity contribution is 0.141. The number of nitrogens with zero attached hydrogens (tertiary/aromatic N) is 6. The summed E-state index contributed by atoms with van der Waals surface area (Å²) < 4.78 is 7.09. The van der Waals surface area contributed by atoms with Crippen LogP contribution in [0.1, 0.15) is 32.1 Å². The predicted octanol–water partition coefficient (Wildman–Crippen LogP) is 3.57. The van der Waals surface area contributed by atoms with E-state index in [1.807, 2.05) is 42.2 Å². The highest BCUT2D eigenvalue weighted by atomic mass is 16.5. The van der Waals surface area contributed by atoms with E-state index in [9.17, 15) is 0 Å². The zero-order valence-electron chi connectivity index (χ0n) is 18.4. The van der Waals surface area contributed by atoms with Crippen molar-refractivity contribution in [3.63, 3.8) is 0 Å². The van der Waals surface area contributed by atoms with Gasteiger partial charge < -0.3 is 19.9 Å². The van der Waals surface area contributed by atoms with Gasteiger partial charge in [-0.15, -0.1) is 0 Å². The van der Waals surface area contributed by atoms with Crippen LogP contribution in [-0.2, 0) is 7.05 Å². The minimum atomic E-state index is 0.703. The first-order valence-electron chi connectivity index (χ1n) is 11.3. The first-order chi connectivity index (χ1) is 15.2. The second kappa shape index (κ2) is 8.70. The van der Waals surface area contributed by atoms with Crippen LogP contribution in [0, 0.1) is 0 Å². The number of fused-ring (bicyclic) bond motifs is 1. The molecule has 4 heterocycles. The molecule has 0 bridgehead atoms. The van der Waals surface area contributed by atoms with Crippen LogP contribution in [0.15, 0.2) is 30.5 Å². The lowest BCUT2D eigenvalue weighted by atomic mass is 10.0. The third kappa shape index (κ3) is 4.17. The summed E-state index contributed by atoms with van der Waals surface area (Å²) in [5.74, 6) is 2.40. The molecule has 164 valence electrons. The summed E-state index contributed by atoms with van der Waals surface area (Å²) in [6.07, 6.45) is 8.26. The van der Waals surface area contributed by atoms with Crippen LogP contribution in [0.4, 0.5) is 17.5 Å². The Labute approximate surface area is 183 Å². The molecular formula is C23H31N7O. The van der Waals surface area contributed by atoms with Gasteiger partial charge in [-0.2, -0.15) is 15.1 Å². The Morgan fingerprint density at radius 3 is 2.42 bits per heavy atom. The number of likely N-dealkylation sites (tertiary alicyclic amines) is 1. The van der Waals surface area contributed by atoms with Crippen molar-refractivity contribution >= 4 is 28.5 Å². The molecule has 5 rings (SSSR count). The molecule has 0 spiro atoms. The predicted molar refractivity (Wildman–Crippen MR) is 123 cm³/mol. The zero-order chi connectivity index (χ0) is 21.2. The standard InChI is InChI=1S/C23H31N7O/c1-28-22-20(16-24-28)21(25-17-6-8-19(31-2)9-7-17)26-23(27-22)30-14-10-18(11-15-30)29-12-4-3-5-13-29/h6-9,16,18H,3-5,10-15H2,1-2H3,(H,25,26,27). The van der Waals surface area contributed by atoms with E-state index >= 15 is 0 Å². The summed E-state index contributed by atoms with van der Waals surface area (Å²) in [6.45, 7) is 4.51. The number of rotatable bonds is 5. The summed E-state index contributed by atoms with van der Waals surface area (Å²) in [4.78, 5) is 14.8. The van der Waals surface area contributed by atoms with Gasteiger partial charge in [-0.1, -0.05) is 6.42 Å². The Bertz CT molecular complexity index is 1020. The smallest absolute Gasteiger partial charge is 0.229 e. The number of aryl methyl sites for hydroxylation is 1. The van der Waals surface area contributed by atoms with E-state index in [-0.39, 0.29) is 0 Å². The molecule has 3 aromatic rings. The SMILES string of the molecule is COc1ccc(Nc2nc(N3CCC(N4CCCCC4)CC3)nc3c2cnn3C)cc1. The average Bonchev–Trinajstić information content (AvgIpc) is 3.21. The maximum atomic E-state index is 5.27. The van der Waals surface area contributed by atoms with Gasteiger partial charge in [0, 0.05) is 31.9 Å². The van der Waals surface area contributed by atoms with E-state index in [0.29, 0.717) is 6.04 Å². The molecule has 2 aliphatic heterocycles. The molecule has 2 saturated heterocycles. The summed E-state index contributed by atoms with van der Waals surface area (Å²) in [5, 5.41) is 8.79. The largest absolute Gasteiger partial charge is 0.497 e. The molecule has 0 atom stereocenters. The van der Waals surface area contributed by atoms with Crippen molar-refractivity contribution in [3.05, 3.63) is 30.5 Å². The normalized spacial score (nSPS) is 18.5. The lowest BCUT2D eigenvalue weighted by Gasteiger charge is -2.40. The van der Waals surface area contributed by atoms with Crippen LogP contribution >= 0.6 is 0 Å². The van der Waals surface area contributed by atoms with Crippen molar-refractivity contribution in [1.29, 1.82) is 0 Å². The summed E-state index contributed by atoms with van der Waals surface area (Å²) in [6, 6.07) is 8.57. The van der Waals surface area contributed by atoms with E-state index in [0.717, 1.165) is 47.3 Å². The molecule has 0 amide bonds. The summed E-state index contributed by atoms with van der Waals surface area (Å²) in [7, 11) is 3.60. The number of nitrogens with one attached hydrogen (secondary N) is 1. The highest BCUT2D eigenvalue weighted by Gasteiger charge is 2.27. The maximum Gasteiger partial charge on any atom is 0.229 e. The van der Waals surface area contributed by atoms with Gasteiger partial charge in [-0.25, -0.2) is 0 Å². The van der Waals surface area contributed by atoms with Gasteiger partial charge >= 0.3 is 0 Å². The Hall–Kier alpha value is -2.87. The number of benzene rings is 1. The molecule has 0 unspecified atom stereocenters. The molecular weight excluding hydrogens is 390 g/mol. The third-order valence-corrected chi connectivity index (χ3v) is 6.59. The lowest BCUT2D eigenvalue weighted by Crippen LogP contribution is -2.47. The van der Waals surface area contributed by atoms with Crippen molar-refractivity contribution in [2.45, 2.75) is 38.1 Å². The third-order valence-electron chi connectivity index (χ3n) is 6.59. The van der Waals surface area contributed by atoms with Crippen molar-refractivity contribution in [2.24, 2.45) is 7.05 Å². The first-order valence-corrected chi connectivity index (χ1v) is 11.3. The van der Waals surface area contributed by atoms with Gasteiger partial charge in [0.15, 0.2) is 5.65 Å². The molecule has 2 aliphatic rings. The number of methoxy groups -OCH3 is 1. The Kier molecular flexibility index (Phi) is 5.63. The fraction of sp³-hybridized carbons (Fsp3) is 0.522. The van der Waals surface area contributed by atoms with Crippen LogP contribution in [-0.4, -0.2) is 64.0 Å². The topological polar surface area (TPSA) is 71.3 Å². The molecule has 2 aromatic heterocycles. The molecule has 1 aromatic carbocycles. The molecule has 0 radical (unpaired) electrons. The molecule has 0 saturated carbocycles. The number of piperidine rings is 2. The van der Waals surface area contributed by atoms with Crippen molar-refractivity contribution in [1.82, 2.24) is 24.6 Å². The molecule has 31 heavy (non-hydrogen) atoms. The number of anilines is 3. The first kappa shape index (κ1) is 20.1. The van der Waals surface area contributed by atoms with Crippen LogP contribution in [0.5, 0.6) is 5.75 Å². The van der Waals surface area contributed by atoms with Gasteiger partial charge in [0.1, 0.15) is 11.6 Å². The van der Waals surface area contributed by atoms with Gasteiger partial charge in [0.2, 0.25) is 5.95 Å². The average molecular weight is 422 g/mol. The van der Waals surface area contributed by atoms with Gasteiger partial charge in [0.05, 0.1) is 18.7 Å². The van der Waals surface area contributed by atoms with E-state index in [1.54, 1.807) is 7.11 Å². The van der Waals surface area contributed by atoms with Crippen molar-refractivity contribution < 1.29 is 4.74 Å². The Balaban J connectivity index is 1.37. The van der Waals surface area contributed by atoms with Crippen LogP contribution < -0.4 is 15.0 Å². The highest BCUT2D eigenvalue weighted by molar-refractivity contribution is 5.89. The number of ether oxygens (including phenoxy) is 1. The zero-order valence-corrected chi connectivity index (χ0v) is 18.4. The number of hydrogen-bond donors (Lipinski definition) is 1. The quantitative estimate of drug-likeness (QED) is 0.675. The molecule has 8 nitrogen and oxygen atoms in total. The minimum Gasteiger partial charge on any atom is -0.497 e. The van der Waals surface area contributed by atoms with E-state index in [4.69, 9.17) is 14.7 Å². The maximum absolute atomic E-state index is 5.27. The van der Waals surface area contributed by atoms with Crippen LogP contribution in [0.2, 0.25) is 0 Å². The number of aromatic nitrogens is 4. The Morgan fingerprint density at radius 1 is 0.968 bits per heavy atom. The fourth-order valence-corrected chi connectivity index (χ4v) is 4.77. The Morgan fingerprint density at radius 2 is 1.71 bits per heavy atom. The minimum absolute atomic E-state index is 0.703. The second-order valence-electron chi connectivity index (χ2n) is 8.55. The molecule has 1 N–H and O–H groups in total. The van der Waals surface area contributed by atoms with Crippen molar-refractivity contribution in [2.75, 3.05) is 43.5 Å². The van der Waals surface area contributed by atoms with Gasteiger partial charge in [-0.3, -0.25) is 4.68 Å². The van der Waals surface area contributed by atoms with E-state index < -0.39 is 0 Å². The van der Waals surface area contributed by atoms with Crippen molar-refractivity contribution in [3.8, 4) is 5.75 Å². The summed E-state index contributed by atoms with van der Waals surface area (Å²) >= 11 is 0. The van der Waals surface area contributed by atoms with Crippen LogP contribution in [0.3, 0.4) is 0 Å². The van der Waals surface area contributed by atoms with E-state index in [1.165, 1.54) is 45.2 Å². The molecule has 8 heteroatoms. The highest BCUT2D eigenvalue weighted by Crippen LogP contribution is 2.29. The number of hydrogen-bond acceptors (Lipinski definition) is 7. The summed E-state index contributed by atoms with van der Waals surface area (Å²) in [5.41, 5.74) is 1.80. The second-order valence-corrected chi connectivity index (χ2v) is 8.55. The van der Waals surface area contributed by atoms with E-state index in [2.05, 4.69) is 20.2 Å². The fourth-order valence-electron chi connectivity index (χ4n) is 4.77. The molecule has 2 fully saturated rings. The van der Waals surface area contributed by atoms with Gasteiger partial charge in [0.25, 0.3) is 0 Å². The van der Waals surface area contributed by atoms with Gasteiger partial charge in [-0.05, 0) is 63.0 Å². The molecule has 0 aliphatic carbocycles. The van der Waals surface area contributed by atoms with Crippen LogP contribution in [0.25, 0.3) is 11.0 Å². The monoisotopic (exact) mass is 421 g/mol.